The number of anilines is 1. The molecule has 7 rings (SSSR count). The number of methoxy groups -OCH3 is 2. The van der Waals surface area contributed by atoms with Gasteiger partial charge in [-0.1, -0.05) is 53.5 Å². The van der Waals surface area contributed by atoms with Crippen molar-refractivity contribution in [1.82, 2.24) is 19.9 Å². The Morgan fingerprint density at radius 2 is 1.72 bits per heavy atom. The van der Waals surface area contributed by atoms with Crippen LogP contribution in [0.15, 0.2) is 24.3 Å². The van der Waals surface area contributed by atoms with Crippen LogP contribution in [0.2, 0.25) is 16.6 Å². The molecular weight excluding hydrogens is 798 g/mol. The maximum Gasteiger partial charge on any atom is 0.319 e. The summed E-state index contributed by atoms with van der Waals surface area (Å²) in [5.41, 5.74) is 3.75. The monoisotopic (exact) mass is 853 g/mol. The zero-order valence-electron chi connectivity index (χ0n) is 35.7. The van der Waals surface area contributed by atoms with E-state index in [0.717, 1.165) is 19.4 Å². The van der Waals surface area contributed by atoms with Crippen molar-refractivity contribution >= 4 is 35.6 Å². The van der Waals surface area contributed by atoms with Crippen LogP contribution in [0.25, 0.3) is 32.9 Å². The van der Waals surface area contributed by atoms with Crippen LogP contribution < -0.4 is 19.5 Å². The summed E-state index contributed by atoms with van der Waals surface area (Å²) >= 11 is 0. The largest absolute Gasteiger partial charge is 0.480 e. The normalized spacial score (nSPS) is 22.1. The highest BCUT2D eigenvalue weighted by molar-refractivity contribution is 6.90. The van der Waals surface area contributed by atoms with Crippen LogP contribution in [-0.4, -0.2) is 92.8 Å². The van der Waals surface area contributed by atoms with E-state index >= 15 is 8.78 Å². The molecule has 0 bridgehead atoms. The molecule has 4 heterocycles. The van der Waals surface area contributed by atoms with Crippen LogP contribution in [0.5, 0.6) is 17.6 Å². The maximum absolute atomic E-state index is 17.7. The lowest BCUT2D eigenvalue weighted by atomic mass is 9.95. The quantitative estimate of drug-likeness (QED) is 0.0576. The minimum absolute atomic E-state index is 0.0540. The molecule has 0 radical (unpaired) electrons. The summed E-state index contributed by atoms with van der Waals surface area (Å²) in [6.07, 6.45) is -0.644. The molecule has 1 unspecified atom stereocenters. The number of pyridine rings is 1. The van der Waals surface area contributed by atoms with Crippen LogP contribution in [0, 0.1) is 29.0 Å². The topological polar surface area (TPSA) is 90.9 Å². The van der Waals surface area contributed by atoms with Crippen molar-refractivity contribution in [3.05, 3.63) is 41.5 Å². The van der Waals surface area contributed by atoms with E-state index in [9.17, 15) is 13.2 Å². The lowest BCUT2D eigenvalue weighted by Gasteiger charge is -2.38. The molecule has 3 aliphatic rings. The second-order valence-electron chi connectivity index (χ2n) is 17.7. The van der Waals surface area contributed by atoms with Gasteiger partial charge in [0.15, 0.2) is 12.6 Å². The van der Waals surface area contributed by atoms with Gasteiger partial charge in [0.1, 0.15) is 54.8 Å². The Kier molecular flexibility index (Phi) is 12.9. The third kappa shape index (κ3) is 8.11. The molecule has 2 saturated heterocycles. The van der Waals surface area contributed by atoms with E-state index in [1.165, 1.54) is 20.3 Å². The van der Waals surface area contributed by atoms with E-state index in [1.807, 2.05) is 0 Å². The molecule has 0 amide bonds. The number of ether oxygens (including phenoxy) is 4. The summed E-state index contributed by atoms with van der Waals surface area (Å²) < 4.78 is 99.4. The Labute approximate surface area is 350 Å². The number of halogens is 5. The first-order valence-corrected chi connectivity index (χ1v) is 23.3. The minimum atomic E-state index is -2.48. The highest BCUT2D eigenvalue weighted by Crippen LogP contribution is 2.45. The summed E-state index contributed by atoms with van der Waals surface area (Å²) in [4.78, 5) is 16.1. The van der Waals surface area contributed by atoms with Gasteiger partial charge in [-0.25, -0.2) is 26.9 Å². The van der Waals surface area contributed by atoms with Gasteiger partial charge in [-0.05, 0) is 78.9 Å². The number of aromatic nitrogens is 3. The second kappa shape index (κ2) is 17.6. The van der Waals surface area contributed by atoms with Crippen molar-refractivity contribution in [2.75, 3.05) is 46.0 Å². The van der Waals surface area contributed by atoms with E-state index in [2.05, 4.69) is 73.2 Å². The van der Waals surface area contributed by atoms with Crippen LogP contribution in [0.3, 0.4) is 0 Å². The fraction of sp³-hybridized carbons (Fsp3) is 0.578. The van der Waals surface area contributed by atoms with Crippen LogP contribution in [0.1, 0.15) is 85.6 Å². The molecule has 2 aliphatic heterocycles. The fourth-order valence-corrected chi connectivity index (χ4v) is 15.6. The van der Waals surface area contributed by atoms with Crippen molar-refractivity contribution in [2.45, 2.75) is 121 Å². The number of hydrogen-bond acceptors (Lipinski definition) is 9. The molecule has 4 aromatic rings. The minimum Gasteiger partial charge on any atom is -0.480 e. The first kappa shape index (κ1) is 43.8. The molecule has 324 valence electrons. The van der Waals surface area contributed by atoms with Crippen LogP contribution in [-0.2, 0) is 4.74 Å². The fourth-order valence-electron chi connectivity index (χ4n) is 10.4. The Morgan fingerprint density at radius 3 is 2.38 bits per heavy atom. The van der Waals surface area contributed by atoms with Gasteiger partial charge in [0, 0.05) is 43.0 Å². The maximum atomic E-state index is 17.7. The number of hydrogen-bond donors (Lipinski definition) is 1. The second-order valence-corrected chi connectivity index (χ2v) is 23.2. The third-order valence-corrected chi connectivity index (χ3v) is 19.5. The number of benzene rings is 2. The van der Waals surface area contributed by atoms with E-state index in [-0.39, 0.29) is 81.9 Å². The summed E-state index contributed by atoms with van der Waals surface area (Å²) in [5.74, 6) is 1.40. The Balaban J connectivity index is 1.45. The van der Waals surface area contributed by atoms with E-state index in [0.29, 0.717) is 42.3 Å². The predicted molar refractivity (Wildman–Crippen MR) is 226 cm³/mol. The van der Waals surface area contributed by atoms with Crippen LogP contribution >= 0.6 is 0 Å². The molecule has 3 fully saturated rings. The molecular formula is C45H56F5N5O4Si. The van der Waals surface area contributed by atoms with Crippen molar-refractivity contribution in [1.29, 1.82) is 0 Å². The molecule has 15 heteroatoms. The van der Waals surface area contributed by atoms with E-state index < -0.39 is 49.8 Å². The van der Waals surface area contributed by atoms with Crippen molar-refractivity contribution < 1.29 is 40.9 Å². The highest BCUT2D eigenvalue weighted by atomic mass is 28.3. The molecule has 9 nitrogen and oxygen atoms in total. The summed E-state index contributed by atoms with van der Waals surface area (Å²) in [7, 11) is 0.496. The average molecular weight is 854 g/mol. The first-order valence-electron chi connectivity index (χ1n) is 21.1. The predicted octanol–water partition coefficient (Wildman–Crippen LogP) is 10.5. The first-order chi connectivity index (χ1) is 28.6. The molecule has 1 aliphatic carbocycles. The Morgan fingerprint density at radius 1 is 0.967 bits per heavy atom. The van der Waals surface area contributed by atoms with Gasteiger partial charge in [0.05, 0.1) is 18.2 Å². The van der Waals surface area contributed by atoms with Gasteiger partial charge >= 0.3 is 6.01 Å². The summed E-state index contributed by atoms with van der Waals surface area (Å²) in [6, 6.07) is 5.65. The zero-order valence-corrected chi connectivity index (χ0v) is 36.7. The molecule has 2 aromatic heterocycles. The number of fused-ring (bicyclic) bond motifs is 3. The molecule has 1 saturated carbocycles. The smallest absolute Gasteiger partial charge is 0.319 e. The number of alkyl halides is 3. The third-order valence-electron chi connectivity index (χ3n) is 13.2. The standard InChI is InChI=1S/C45H56F5N5O4Si/c1-25(2)60(26(3)4,27(5)6)17-14-33-35(47)13-11-28-19-32(59-24-56-7)20-34(36(28)33)39-38(48)40-37(43(52-39)57-8)42(51-31-12-10-29(18-31)41(49)50)54-44(53-40)58-23-45-15-9-16-55(45)22-30(46)21-45/h11,13,19-20,25-27,29-31,41H,9-10,12,15-16,18,21-24H2,1-8H3,(H,51,53,54)/t29?,30-,31-,45+/m1/s1. The molecule has 2 aromatic carbocycles. The van der Waals surface area contributed by atoms with E-state index in [1.54, 1.807) is 18.2 Å². The van der Waals surface area contributed by atoms with Gasteiger partial charge in [0.2, 0.25) is 12.3 Å². The lowest BCUT2D eigenvalue weighted by Crippen LogP contribution is -2.43. The lowest BCUT2D eigenvalue weighted by molar-refractivity contribution is 0.0512. The zero-order chi connectivity index (χ0) is 43.1. The Hall–Kier alpha value is -4.26. The average Bonchev–Trinajstić information content (AvgIpc) is 3.91. The summed E-state index contributed by atoms with van der Waals surface area (Å²) in [5, 5.41) is 4.21. The van der Waals surface area contributed by atoms with Gasteiger partial charge in [-0.2, -0.15) is 9.97 Å². The van der Waals surface area contributed by atoms with Gasteiger partial charge < -0.3 is 24.3 Å². The van der Waals surface area contributed by atoms with Crippen molar-refractivity contribution in [2.24, 2.45) is 5.92 Å². The SMILES string of the molecule is COCOc1cc(-c2nc(OC)c3c(N[C@@H]4CCC(C(F)F)C4)nc(OC[C@@]45CCCN4C[C@H](F)C5)nc3c2F)c2c(C#C[Si](C(C)C)(C(C)C)C(C)C)c(F)ccc2c1. The Bertz CT molecular complexity index is 2260. The molecule has 0 spiro atoms. The van der Waals surface area contributed by atoms with Gasteiger partial charge in [-0.15, -0.1) is 5.54 Å². The molecule has 60 heavy (non-hydrogen) atoms. The van der Waals surface area contributed by atoms with Crippen molar-refractivity contribution in [3.63, 3.8) is 0 Å². The number of rotatable bonds is 14. The van der Waals surface area contributed by atoms with E-state index in [4.69, 9.17) is 23.9 Å². The van der Waals surface area contributed by atoms with Crippen molar-refractivity contribution in [3.8, 4) is 40.4 Å². The molecule has 1 N–H and O–H groups in total. The number of nitrogens with one attached hydrogen (secondary N) is 1. The molecule has 4 atom stereocenters. The number of nitrogens with zero attached hydrogens (tertiary/aromatic N) is 4. The van der Waals surface area contributed by atoms with Gasteiger partial charge in [0.25, 0.3) is 0 Å². The highest BCUT2D eigenvalue weighted by Gasteiger charge is 2.49. The summed E-state index contributed by atoms with van der Waals surface area (Å²) in [6.45, 7) is 14.1. The van der Waals surface area contributed by atoms with Gasteiger partial charge in [-0.3, -0.25) is 4.90 Å². The van der Waals surface area contributed by atoms with Crippen LogP contribution in [0.4, 0.5) is 27.8 Å².